The first kappa shape index (κ1) is 18.5. The molecule has 1 fully saturated rings. The minimum absolute atomic E-state index is 0.0102. The van der Waals surface area contributed by atoms with Gasteiger partial charge >= 0.3 is 0 Å². The molecule has 0 bridgehead atoms. The topological polar surface area (TPSA) is 79.6 Å². The van der Waals surface area contributed by atoms with Gasteiger partial charge in [-0.25, -0.2) is 9.37 Å². The maximum Gasteiger partial charge on any atom is 0.288 e. The fourth-order valence-corrected chi connectivity index (χ4v) is 4.15. The predicted octanol–water partition coefficient (Wildman–Crippen LogP) is 2.60. The molecule has 2 aromatic heterocycles. The van der Waals surface area contributed by atoms with Crippen LogP contribution in [0.25, 0.3) is 4.96 Å². The highest BCUT2D eigenvalue weighted by atomic mass is 32.1. The van der Waals surface area contributed by atoms with E-state index in [1.807, 2.05) is 0 Å². The van der Waals surface area contributed by atoms with Crippen molar-refractivity contribution in [2.45, 2.75) is 32.2 Å². The van der Waals surface area contributed by atoms with Crippen LogP contribution in [0.5, 0.6) is 0 Å². The summed E-state index contributed by atoms with van der Waals surface area (Å²) in [6.45, 7) is 1.80. The Kier molecular flexibility index (Phi) is 5.34. The van der Waals surface area contributed by atoms with Gasteiger partial charge in [0.15, 0.2) is 0 Å². The molecule has 0 atom stereocenters. The summed E-state index contributed by atoms with van der Waals surface area (Å²) >= 11 is 1.35. The Morgan fingerprint density at radius 1 is 1.18 bits per heavy atom. The zero-order valence-corrected chi connectivity index (χ0v) is 16.0. The van der Waals surface area contributed by atoms with Crippen LogP contribution in [-0.4, -0.2) is 33.6 Å². The summed E-state index contributed by atoms with van der Waals surface area (Å²) < 4.78 is 14.9. The van der Waals surface area contributed by atoms with Crippen molar-refractivity contribution in [1.29, 1.82) is 0 Å². The van der Waals surface area contributed by atoms with E-state index >= 15 is 0 Å². The van der Waals surface area contributed by atoms with Crippen LogP contribution in [0.4, 0.5) is 9.52 Å². The van der Waals surface area contributed by atoms with Crippen LogP contribution in [-0.2, 0) is 6.54 Å². The number of benzene rings is 1. The zero-order chi connectivity index (χ0) is 19.5. The number of nitrogens with zero attached hydrogens (tertiary/aromatic N) is 4. The Morgan fingerprint density at radius 3 is 2.68 bits per heavy atom. The van der Waals surface area contributed by atoms with Gasteiger partial charge in [0.05, 0.1) is 0 Å². The second-order valence-electron chi connectivity index (χ2n) is 6.73. The third-order valence-corrected chi connectivity index (χ3v) is 5.78. The Hall–Kier alpha value is -2.81. The second kappa shape index (κ2) is 8.05. The van der Waals surface area contributed by atoms with Gasteiger partial charge in [0, 0.05) is 31.4 Å². The number of anilines is 1. The van der Waals surface area contributed by atoms with Gasteiger partial charge in [0.1, 0.15) is 11.4 Å². The first-order valence-electron chi connectivity index (χ1n) is 9.29. The van der Waals surface area contributed by atoms with Crippen LogP contribution in [0.2, 0.25) is 0 Å². The number of carbonyl (C=O) groups is 1. The number of hydrogen-bond acceptors (Lipinski definition) is 6. The van der Waals surface area contributed by atoms with Crippen molar-refractivity contribution in [3.05, 3.63) is 57.8 Å². The van der Waals surface area contributed by atoms with Crippen LogP contribution >= 0.6 is 11.3 Å². The molecule has 3 aromatic rings. The van der Waals surface area contributed by atoms with Gasteiger partial charge in [-0.15, -0.1) is 5.10 Å². The van der Waals surface area contributed by atoms with Gasteiger partial charge in [-0.1, -0.05) is 42.4 Å². The first-order chi connectivity index (χ1) is 13.6. The summed E-state index contributed by atoms with van der Waals surface area (Å²) in [7, 11) is 0. The fourth-order valence-electron chi connectivity index (χ4n) is 3.23. The number of carbonyl (C=O) groups excluding carboxylic acids is 1. The smallest absolute Gasteiger partial charge is 0.288 e. The molecule has 0 radical (unpaired) electrons. The third-order valence-electron chi connectivity index (χ3n) is 4.79. The Balaban J connectivity index is 1.56. The number of hydrogen-bond donors (Lipinski definition) is 1. The summed E-state index contributed by atoms with van der Waals surface area (Å²) in [6, 6.07) is 6.17. The maximum atomic E-state index is 13.7. The maximum absolute atomic E-state index is 13.7. The van der Waals surface area contributed by atoms with Gasteiger partial charge in [0.25, 0.3) is 11.5 Å². The number of amides is 1. The molecule has 1 amide bonds. The molecule has 3 heterocycles. The molecule has 0 spiro atoms. The van der Waals surface area contributed by atoms with E-state index in [0.717, 1.165) is 31.1 Å². The van der Waals surface area contributed by atoms with E-state index in [1.165, 1.54) is 41.0 Å². The van der Waals surface area contributed by atoms with Crippen molar-refractivity contribution in [3.63, 3.8) is 0 Å². The van der Waals surface area contributed by atoms with Gasteiger partial charge in [-0.2, -0.15) is 4.52 Å². The molecule has 146 valence electrons. The molecular weight excluding hydrogens is 381 g/mol. The number of aromatic nitrogens is 3. The van der Waals surface area contributed by atoms with E-state index in [4.69, 9.17) is 0 Å². The van der Waals surface area contributed by atoms with Crippen molar-refractivity contribution in [2.75, 3.05) is 18.0 Å². The molecule has 7 nitrogen and oxygen atoms in total. The van der Waals surface area contributed by atoms with E-state index in [9.17, 15) is 14.0 Å². The molecule has 1 aliphatic heterocycles. The fraction of sp³-hybridized carbons (Fsp3) is 0.368. The molecule has 28 heavy (non-hydrogen) atoms. The average Bonchev–Trinajstić information content (AvgIpc) is 2.95. The number of fused-ring (bicyclic) bond motifs is 1. The van der Waals surface area contributed by atoms with Crippen molar-refractivity contribution in [1.82, 2.24) is 19.9 Å². The van der Waals surface area contributed by atoms with Gasteiger partial charge in [0.2, 0.25) is 10.1 Å². The molecule has 9 heteroatoms. The standard InChI is InChI=1S/C19H20FN5O2S/c20-15-8-4-3-7-13(15)11-21-16(26)14-12-22-18-25(17(14)27)23-19(28-18)24-9-5-1-2-6-10-24/h3-4,7-8,12H,1-2,5-6,9-11H2,(H,21,26). The van der Waals surface area contributed by atoms with Crippen molar-refractivity contribution in [3.8, 4) is 0 Å². The van der Waals surface area contributed by atoms with Gasteiger partial charge < -0.3 is 10.2 Å². The summed E-state index contributed by atoms with van der Waals surface area (Å²) in [6.07, 6.45) is 5.86. The van der Waals surface area contributed by atoms with Gasteiger partial charge in [-0.3, -0.25) is 9.59 Å². The van der Waals surface area contributed by atoms with E-state index < -0.39 is 17.3 Å². The molecule has 0 saturated carbocycles. The highest BCUT2D eigenvalue weighted by molar-refractivity contribution is 7.20. The van der Waals surface area contributed by atoms with Crippen LogP contribution < -0.4 is 15.8 Å². The number of rotatable bonds is 4. The monoisotopic (exact) mass is 401 g/mol. The lowest BCUT2D eigenvalue weighted by Gasteiger charge is -2.17. The predicted molar refractivity (Wildman–Crippen MR) is 105 cm³/mol. The highest BCUT2D eigenvalue weighted by Gasteiger charge is 2.19. The molecular formula is C19H20FN5O2S. The van der Waals surface area contributed by atoms with E-state index in [1.54, 1.807) is 18.2 Å². The van der Waals surface area contributed by atoms with Crippen LogP contribution in [0.1, 0.15) is 41.6 Å². The molecule has 1 aliphatic rings. The summed E-state index contributed by atoms with van der Waals surface area (Å²) in [5, 5.41) is 7.72. The minimum atomic E-state index is -0.598. The van der Waals surface area contributed by atoms with E-state index in [2.05, 4.69) is 20.3 Å². The summed E-state index contributed by atoms with van der Waals surface area (Å²) in [5.74, 6) is -1.01. The van der Waals surface area contributed by atoms with Crippen molar-refractivity contribution >= 4 is 27.3 Å². The largest absolute Gasteiger partial charge is 0.348 e. The molecule has 0 aliphatic carbocycles. The minimum Gasteiger partial charge on any atom is -0.348 e. The average molecular weight is 401 g/mol. The third kappa shape index (κ3) is 3.75. The van der Waals surface area contributed by atoms with Crippen molar-refractivity contribution in [2.24, 2.45) is 0 Å². The summed E-state index contributed by atoms with van der Waals surface area (Å²) in [4.78, 5) is 32.0. The Bertz CT molecular complexity index is 1060. The SMILES string of the molecule is O=C(NCc1ccccc1F)c1cnc2sc(N3CCCCCC3)nn2c1=O. The van der Waals surface area contributed by atoms with Gasteiger partial charge in [-0.05, 0) is 18.9 Å². The molecule has 1 N–H and O–H groups in total. The quantitative estimate of drug-likeness (QED) is 0.727. The van der Waals surface area contributed by atoms with Crippen LogP contribution in [0.3, 0.4) is 0 Å². The normalized spacial score (nSPS) is 14.8. The Labute approximate surface area is 164 Å². The van der Waals surface area contributed by atoms with E-state index in [-0.39, 0.29) is 12.1 Å². The Morgan fingerprint density at radius 2 is 1.93 bits per heavy atom. The van der Waals surface area contributed by atoms with Crippen LogP contribution in [0, 0.1) is 5.82 Å². The van der Waals surface area contributed by atoms with E-state index in [0.29, 0.717) is 10.5 Å². The molecule has 1 aromatic carbocycles. The molecule has 1 saturated heterocycles. The zero-order valence-electron chi connectivity index (χ0n) is 15.2. The van der Waals surface area contributed by atoms with Crippen molar-refractivity contribution < 1.29 is 9.18 Å². The first-order valence-corrected chi connectivity index (χ1v) is 10.1. The summed E-state index contributed by atoms with van der Waals surface area (Å²) in [5.41, 5.74) is -0.281. The van der Waals surface area contributed by atoms with Crippen LogP contribution in [0.15, 0.2) is 35.3 Å². The lowest BCUT2D eigenvalue weighted by Crippen LogP contribution is -2.32. The number of halogens is 1. The number of nitrogens with one attached hydrogen (secondary N) is 1. The lowest BCUT2D eigenvalue weighted by molar-refractivity contribution is 0.0948. The lowest BCUT2D eigenvalue weighted by atomic mass is 10.2. The highest BCUT2D eigenvalue weighted by Crippen LogP contribution is 2.24. The molecule has 4 rings (SSSR count). The molecule has 0 unspecified atom stereocenters. The second-order valence-corrected chi connectivity index (χ2v) is 7.67.